The first-order chi connectivity index (χ1) is 8.53. The van der Waals surface area contributed by atoms with Crippen LogP contribution < -0.4 is 10.0 Å². The van der Waals surface area contributed by atoms with E-state index < -0.39 is 16.0 Å². The Labute approximate surface area is 107 Å². The van der Waals surface area contributed by atoms with Gasteiger partial charge in [-0.1, -0.05) is 0 Å². The summed E-state index contributed by atoms with van der Waals surface area (Å²) in [5.41, 5.74) is 0. The molecule has 1 fully saturated rings. The van der Waals surface area contributed by atoms with Crippen molar-refractivity contribution in [3.63, 3.8) is 0 Å². The fourth-order valence-electron chi connectivity index (χ4n) is 1.56. The molecule has 0 aromatic rings. The molecule has 8 heteroatoms. The molecule has 0 spiro atoms. The number of ether oxygens (including phenoxy) is 2. The topological polar surface area (TPSA) is 93.7 Å². The lowest BCUT2D eigenvalue weighted by Crippen LogP contribution is -2.48. The number of methoxy groups -OCH3 is 1. The number of hydrogen-bond acceptors (Lipinski definition) is 6. The highest BCUT2D eigenvalue weighted by molar-refractivity contribution is 7.89. The Bertz CT molecular complexity index is 351. The van der Waals surface area contributed by atoms with Crippen molar-refractivity contribution >= 4 is 16.0 Å². The van der Waals surface area contributed by atoms with Crippen LogP contribution in [-0.4, -0.2) is 59.6 Å². The maximum Gasteiger partial charge on any atom is 0.305 e. The summed E-state index contributed by atoms with van der Waals surface area (Å²) in [5, 5.41) is 3.15. The molecule has 2 N–H and O–H groups in total. The van der Waals surface area contributed by atoms with Crippen molar-refractivity contribution in [3.8, 4) is 0 Å². The molecule has 0 bridgehead atoms. The molecule has 0 radical (unpaired) electrons. The van der Waals surface area contributed by atoms with Crippen molar-refractivity contribution < 1.29 is 22.7 Å². The molecule has 1 saturated heterocycles. The van der Waals surface area contributed by atoms with E-state index in [-0.39, 0.29) is 24.6 Å². The van der Waals surface area contributed by atoms with Gasteiger partial charge in [-0.3, -0.25) is 4.79 Å². The number of morpholine rings is 1. The summed E-state index contributed by atoms with van der Waals surface area (Å²) in [6.45, 7) is 2.20. The number of carbonyl (C=O) groups is 1. The molecule has 0 aromatic heterocycles. The Morgan fingerprint density at radius 3 is 2.94 bits per heavy atom. The molecule has 1 aliphatic heterocycles. The molecule has 1 heterocycles. The van der Waals surface area contributed by atoms with Crippen LogP contribution in [0.25, 0.3) is 0 Å². The highest BCUT2D eigenvalue weighted by Crippen LogP contribution is 1.98. The first-order valence-corrected chi connectivity index (χ1v) is 7.54. The maximum absolute atomic E-state index is 11.6. The predicted molar refractivity (Wildman–Crippen MR) is 65.6 cm³/mol. The van der Waals surface area contributed by atoms with E-state index in [1.165, 1.54) is 7.11 Å². The average molecular weight is 280 g/mol. The molecule has 1 aliphatic rings. The van der Waals surface area contributed by atoms with Gasteiger partial charge in [-0.2, -0.15) is 0 Å². The molecule has 106 valence electrons. The Morgan fingerprint density at radius 2 is 2.33 bits per heavy atom. The Balaban J connectivity index is 2.20. The quantitative estimate of drug-likeness (QED) is 0.572. The molecule has 0 amide bonds. The van der Waals surface area contributed by atoms with Gasteiger partial charge in [0.15, 0.2) is 0 Å². The Kier molecular flexibility index (Phi) is 6.55. The van der Waals surface area contributed by atoms with E-state index in [0.29, 0.717) is 19.8 Å². The van der Waals surface area contributed by atoms with Gasteiger partial charge in [0.1, 0.15) is 0 Å². The highest BCUT2D eigenvalue weighted by atomic mass is 32.2. The number of rotatable bonds is 7. The monoisotopic (exact) mass is 280 g/mol. The van der Waals surface area contributed by atoms with E-state index in [2.05, 4.69) is 14.8 Å². The van der Waals surface area contributed by atoms with E-state index in [1.807, 2.05) is 0 Å². The van der Waals surface area contributed by atoms with E-state index in [9.17, 15) is 13.2 Å². The number of hydrogen-bond donors (Lipinski definition) is 2. The second-order valence-electron chi connectivity index (χ2n) is 4.07. The first kappa shape index (κ1) is 15.4. The van der Waals surface area contributed by atoms with Crippen molar-refractivity contribution in [1.29, 1.82) is 0 Å². The molecule has 7 nitrogen and oxygen atoms in total. The molecule has 0 saturated carbocycles. The van der Waals surface area contributed by atoms with Gasteiger partial charge in [-0.15, -0.1) is 0 Å². The lowest BCUT2D eigenvalue weighted by atomic mass is 10.3. The third kappa shape index (κ3) is 6.29. The Hall–Kier alpha value is -0.700. The van der Waals surface area contributed by atoms with Crippen LogP contribution in [0.3, 0.4) is 0 Å². The van der Waals surface area contributed by atoms with Crippen LogP contribution in [0, 0.1) is 0 Å². The third-order valence-electron chi connectivity index (χ3n) is 2.57. The summed E-state index contributed by atoms with van der Waals surface area (Å²) in [7, 11) is -2.06. The zero-order valence-corrected chi connectivity index (χ0v) is 11.3. The molecule has 0 aromatic carbocycles. The van der Waals surface area contributed by atoms with E-state index in [0.717, 1.165) is 6.54 Å². The summed E-state index contributed by atoms with van der Waals surface area (Å²) in [4.78, 5) is 10.8. The fourth-order valence-corrected chi connectivity index (χ4v) is 2.68. The van der Waals surface area contributed by atoms with E-state index >= 15 is 0 Å². The lowest BCUT2D eigenvalue weighted by Gasteiger charge is -2.23. The molecule has 1 rings (SSSR count). The lowest BCUT2D eigenvalue weighted by molar-refractivity contribution is -0.140. The summed E-state index contributed by atoms with van der Waals surface area (Å²) in [6, 6.07) is 0.00846. The molecular formula is C10H20N2O5S. The summed E-state index contributed by atoms with van der Waals surface area (Å²) in [5.74, 6) is -0.470. The molecule has 0 aliphatic carbocycles. The van der Waals surface area contributed by atoms with Gasteiger partial charge >= 0.3 is 5.97 Å². The van der Waals surface area contributed by atoms with E-state index in [1.54, 1.807) is 0 Å². The molecule has 1 atom stereocenters. The van der Waals surface area contributed by atoms with Gasteiger partial charge in [0.05, 0.1) is 26.1 Å². The van der Waals surface area contributed by atoms with Gasteiger partial charge in [-0.05, 0) is 6.42 Å². The van der Waals surface area contributed by atoms with Crippen LogP contribution in [0.15, 0.2) is 0 Å². The van der Waals surface area contributed by atoms with Crippen LogP contribution >= 0.6 is 0 Å². The zero-order valence-electron chi connectivity index (χ0n) is 10.5. The first-order valence-electron chi connectivity index (χ1n) is 5.89. The SMILES string of the molecule is COC(=O)CCCS(=O)(=O)NCC1COCCN1. The number of carbonyl (C=O) groups excluding carboxylic acids is 1. The smallest absolute Gasteiger partial charge is 0.305 e. The molecule has 18 heavy (non-hydrogen) atoms. The van der Waals surface area contributed by atoms with Gasteiger partial charge in [0.2, 0.25) is 10.0 Å². The minimum atomic E-state index is -3.34. The predicted octanol–water partition coefficient (Wildman–Crippen LogP) is -1.15. The van der Waals surface area contributed by atoms with Crippen LogP contribution in [0.4, 0.5) is 0 Å². The fraction of sp³-hybridized carbons (Fsp3) is 0.900. The van der Waals surface area contributed by atoms with Gasteiger partial charge in [0.25, 0.3) is 0 Å². The standard InChI is InChI=1S/C10H20N2O5S/c1-16-10(13)3-2-6-18(14,15)12-7-9-8-17-5-4-11-9/h9,11-12H,2-8H2,1H3. The van der Waals surface area contributed by atoms with Gasteiger partial charge < -0.3 is 14.8 Å². The number of esters is 1. The second-order valence-corrected chi connectivity index (χ2v) is 6.00. The van der Waals surface area contributed by atoms with Crippen molar-refractivity contribution in [2.75, 3.05) is 39.2 Å². The normalized spacial score (nSPS) is 20.6. The van der Waals surface area contributed by atoms with Gasteiger partial charge in [-0.25, -0.2) is 13.1 Å². The maximum atomic E-state index is 11.6. The van der Waals surface area contributed by atoms with Crippen molar-refractivity contribution in [2.24, 2.45) is 0 Å². The summed E-state index contributed by atoms with van der Waals surface area (Å²) >= 11 is 0. The van der Waals surface area contributed by atoms with Crippen LogP contribution in [-0.2, 0) is 24.3 Å². The van der Waals surface area contributed by atoms with Crippen molar-refractivity contribution in [3.05, 3.63) is 0 Å². The van der Waals surface area contributed by atoms with Crippen LogP contribution in [0.1, 0.15) is 12.8 Å². The summed E-state index contributed by atoms with van der Waals surface area (Å²) in [6.07, 6.45) is 0.374. The zero-order chi connectivity index (χ0) is 13.4. The Morgan fingerprint density at radius 1 is 1.56 bits per heavy atom. The largest absolute Gasteiger partial charge is 0.469 e. The average Bonchev–Trinajstić information content (AvgIpc) is 2.37. The number of sulfonamides is 1. The van der Waals surface area contributed by atoms with Crippen molar-refractivity contribution in [1.82, 2.24) is 10.0 Å². The minimum absolute atomic E-state index is 0.00846. The van der Waals surface area contributed by atoms with Crippen LogP contribution in [0.5, 0.6) is 0 Å². The van der Waals surface area contributed by atoms with Crippen molar-refractivity contribution in [2.45, 2.75) is 18.9 Å². The van der Waals surface area contributed by atoms with Crippen LogP contribution in [0.2, 0.25) is 0 Å². The highest BCUT2D eigenvalue weighted by Gasteiger charge is 2.17. The second kappa shape index (κ2) is 7.67. The van der Waals surface area contributed by atoms with E-state index in [4.69, 9.17) is 4.74 Å². The molecule has 1 unspecified atom stereocenters. The third-order valence-corrected chi connectivity index (χ3v) is 4.00. The minimum Gasteiger partial charge on any atom is -0.469 e. The summed E-state index contributed by atoms with van der Waals surface area (Å²) < 4.78 is 35.4. The molecular weight excluding hydrogens is 260 g/mol. The van der Waals surface area contributed by atoms with Gasteiger partial charge in [0, 0.05) is 25.6 Å². The number of nitrogens with one attached hydrogen (secondary N) is 2.